The highest BCUT2D eigenvalue weighted by molar-refractivity contribution is 7.21. The molecule has 13 rings (SSSR count). The van der Waals surface area contributed by atoms with Crippen molar-refractivity contribution in [1.29, 1.82) is 0 Å². The minimum Gasteiger partial charge on any atom is -0.324 e. The average molecular weight is 888 g/mol. The molecule has 0 unspecified atom stereocenters. The number of fused-ring (bicyclic) bond motifs is 11. The summed E-state index contributed by atoms with van der Waals surface area (Å²) >= 11 is 3.78. The van der Waals surface area contributed by atoms with Gasteiger partial charge in [0, 0.05) is 56.0 Å². The molecular formula is C60H47N4S2+. The molecule has 0 fully saturated rings. The minimum atomic E-state index is -0.160. The summed E-state index contributed by atoms with van der Waals surface area (Å²) in [7, 11) is 0. The molecule has 4 aromatic heterocycles. The summed E-state index contributed by atoms with van der Waals surface area (Å²) in [4.78, 5) is 7.80. The lowest BCUT2D eigenvalue weighted by molar-refractivity contribution is -0.724. The summed E-state index contributed by atoms with van der Waals surface area (Å²) in [5.41, 5.74) is 18.9. The fourth-order valence-electron chi connectivity index (χ4n) is 11.1. The summed E-state index contributed by atoms with van der Waals surface area (Å²) in [5.74, 6) is 0. The van der Waals surface area contributed by atoms with E-state index in [-0.39, 0.29) is 11.1 Å². The highest BCUT2D eigenvalue weighted by Crippen LogP contribution is 2.52. The molecule has 0 spiro atoms. The van der Waals surface area contributed by atoms with Crippen LogP contribution in [0.2, 0.25) is 0 Å². The topological polar surface area (TPSA) is 33.7 Å². The van der Waals surface area contributed by atoms with E-state index in [1.165, 1.54) is 91.4 Å². The van der Waals surface area contributed by atoms with Crippen molar-refractivity contribution in [2.45, 2.75) is 51.6 Å². The first kappa shape index (κ1) is 39.3. The number of para-hydroxylation sites is 1. The van der Waals surface area contributed by atoms with Crippen LogP contribution >= 0.6 is 22.7 Å². The smallest absolute Gasteiger partial charge is 0.274 e. The summed E-state index contributed by atoms with van der Waals surface area (Å²) < 4.78 is 6.39. The number of hydrogen-bond donors (Lipinski definition) is 1. The van der Waals surface area contributed by atoms with Crippen molar-refractivity contribution in [2.24, 2.45) is 0 Å². The van der Waals surface area contributed by atoms with Crippen LogP contribution < -0.4 is 9.88 Å². The minimum absolute atomic E-state index is 0.137. The molecule has 0 saturated carbocycles. The van der Waals surface area contributed by atoms with Gasteiger partial charge in [0.2, 0.25) is 11.2 Å². The Kier molecular flexibility index (Phi) is 8.74. The van der Waals surface area contributed by atoms with E-state index in [2.05, 4.69) is 224 Å². The van der Waals surface area contributed by atoms with Crippen molar-refractivity contribution in [3.05, 3.63) is 193 Å². The molecule has 318 valence electrons. The summed E-state index contributed by atoms with van der Waals surface area (Å²) in [6.07, 6.45) is 2.00. The lowest BCUT2D eigenvalue weighted by Crippen LogP contribution is -2.62. The number of pyridine rings is 1. The predicted octanol–water partition coefficient (Wildman–Crippen LogP) is 16.3. The highest BCUT2D eigenvalue weighted by atomic mass is 32.1. The second-order valence-electron chi connectivity index (χ2n) is 18.5. The second kappa shape index (κ2) is 14.7. The zero-order valence-electron chi connectivity index (χ0n) is 37.4. The zero-order chi connectivity index (χ0) is 44.3. The fourth-order valence-corrected chi connectivity index (χ4v) is 13.3. The van der Waals surface area contributed by atoms with Crippen LogP contribution in [-0.4, -0.2) is 9.55 Å². The van der Waals surface area contributed by atoms with Gasteiger partial charge < -0.3 is 9.88 Å². The number of nitrogens with one attached hydrogen (secondary N) is 1. The average Bonchev–Trinajstić information content (AvgIpc) is 4.15. The number of aromatic nitrogens is 3. The fraction of sp³-hybridized carbons (Fsp3) is 0.133. The summed E-state index contributed by atoms with van der Waals surface area (Å²) in [6.45, 7) is 9.35. The largest absolute Gasteiger partial charge is 0.324 e. The van der Waals surface area contributed by atoms with Gasteiger partial charge in [0.25, 0.3) is 5.01 Å². The van der Waals surface area contributed by atoms with Gasteiger partial charge in [0.05, 0.1) is 39.4 Å². The molecular weight excluding hydrogens is 841 g/mol. The number of thiazole rings is 1. The van der Waals surface area contributed by atoms with Gasteiger partial charge in [0.1, 0.15) is 4.70 Å². The number of hydrogen-bond acceptors (Lipinski definition) is 4. The van der Waals surface area contributed by atoms with Gasteiger partial charge in [-0.1, -0.05) is 148 Å². The van der Waals surface area contributed by atoms with Crippen LogP contribution in [0.4, 0.5) is 5.69 Å². The Morgan fingerprint density at radius 1 is 0.530 bits per heavy atom. The molecule has 5 heterocycles. The lowest BCUT2D eigenvalue weighted by atomic mass is 9.82. The van der Waals surface area contributed by atoms with E-state index in [1.807, 2.05) is 22.7 Å². The van der Waals surface area contributed by atoms with Gasteiger partial charge >= 0.3 is 0 Å². The van der Waals surface area contributed by atoms with E-state index in [1.54, 1.807) is 0 Å². The highest BCUT2D eigenvalue weighted by Gasteiger charge is 2.46. The number of nitrogens with zero attached hydrogens (tertiary/aromatic N) is 3. The Morgan fingerprint density at radius 2 is 1.17 bits per heavy atom. The van der Waals surface area contributed by atoms with Crippen LogP contribution in [-0.2, 0) is 11.1 Å². The van der Waals surface area contributed by atoms with Crippen LogP contribution in [0.1, 0.15) is 51.7 Å². The first-order chi connectivity index (χ1) is 32.3. The van der Waals surface area contributed by atoms with Crippen LogP contribution in [0, 0.1) is 0 Å². The summed E-state index contributed by atoms with van der Waals surface area (Å²) in [5, 5.41) is 7.84. The van der Waals surface area contributed by atoms with Gasteiger partial charge in [-0.15, -0.1) is 11.3 Å². The molecule has 4 nitrogen and oxygen atoms in total. The first-order valence-corrected chi connectivity index (χ1v) is 24.8. The van der Waals surface area contributed by atoms with Crippen molar-refractivity contribution in [3.63, 3.8) is 0 Å². The maximum atomic E-state index is 5.28. The normalized spacial score (nSPS) is 14.2. The third-order valence-corrected chi connectivity index (χ3v) is 16.9. The molecule has 6 heteroatoms. The molecule has 66 heavy (non-hydrogen) atoms. The molecule has 1 aliphatic carbocycles. The molecule has 0 amide bonds. The quantitative estimate of drug-likeness (QED) is 0.162. The van der Waals surface area contributed by atoms with E-state index in [0.29, 0.717) is 0 Å². The zero-order valence-corrected chi connectivity index (χ0v) is 39.0. The van der Waals surface area contributed by atoms with E-state index in [9.17, 15) is 0 Å². The van der Waals surface area contributed by atoms with Crippen molar-refractivity contribution in [2.75, 3.05) is 5.32 Å². The van der Waals surface area contributed by atoms with Gasteiger partial charge in [-0.05, 0) is 100 Å². The number of rotatable bonds is 7. The second-order valence-corrected chi connectivity index (χ2v) is 20.6. The van der Waals surface area contributed by atoms with Gasteiger partial charge in [-0.25, -0.2) is 4.98 Å². The SMILES string of the molecule is CCC1(CC)Nc2ccc(-c3ccc(-c4ccc5c(c4)c4cc6c(cc4n5-c4cc(-c5ccccc5)nc(-c5ccccc5)c4)C(C)(C)c4ccccc4-6)s3)cc2-c2sc3ccccc3[n+]21. The first-order valence-electron chi connectivity index (χ1n) is 23.1. The predicted molar refractivity (Wildman–Crippen MR) is 279 cm³/mol. The molecule has 0 saturated heterocycles. The molecule has 2 aliphatic rings. The van der Waals surface area contributed by atoms with Crippen LogP contribution in [0.25, 0.3) is 103 Å². The Morgan fingerprint density at radius 3 is 1.89 bits per heavy atom. The molecule has 11 aromatic rings. The molecule has 1 N–H and O–H groups in total. The van der Waals surface area contributed by atoms with Crippen molar-refractivity contribution >= 4 is 60.4 Å². The van der Waals surface area contributed by atoms with Gasteiger partial charge in [-0.2, -0.15) is 4.57 Å². The maximum Gasteiger partial charge on any atom is 0.274 e. The number of thiophene rings is 1. The Bertz CT molecular complexity index is 3680. The van der Waals surface area contributed by atoms with Gasteiger partial charge in [0.15, 0.2) is 0 Å². The van der Waals surface area contributed by atoms with Crippen molar-refractivity contribution in [1.82, 2.24) is 9.55 Å². The Hall–Kier alpha value is -7.12. The number of anilines is 1. The Labute approximate surface area is 393 Å². The van der Waals surface area contributed by atoms with Crippen LogP contribution in [0.3, 0.4) is 0 Å². The van der Waals surface area contributed by atoms with Crippen LogP contribution in [0.15, 0.2) is 182 Å². The summed E-state index contributed by atoms with van der Waals surface area (Å²) in [6, 6.07) is 67.2. The van der Waals surface area contributed by atoms with Crippen molar-refractivity contribution in [3.8, 4) is 70.8 Å². The lowest BCUT2D eigenvalue weighted by Gasteiger charge is -2.33. The van der Waals surface area contributed by atoms with E-state index < -0.39 is 0 Å². The standard InChI is InChI=1S/C60H46N4S2/c1-5-60(6-2)62-49-27-25-39(32-46(49)58-64(60)53-23-15-16-24-57(53)66-58)55-29-30-56(65-55)40-26-28-52-44(31-40)45-35-43-42-21-13-14-22-47(42)59(3,4)48(43)36-54(45)63(52)41-33-50(37-17-9-7-10-18-37)61-51(34-41)38-19-11-8-12-20-38/h7-36H,5-6H2,1-4H3/p+1. The molecule has 0 radical (unpaired) electrons. The van der Waals surface area contributed by atoms with E-state index >= 15 is 0 Å². The van der Waals surface area contributed by atoms with E-state index in [4.69, 9.17) is 4.98 Å². The maximum absolute atomic E-state index is 5.28. The Balaban J connectivity index is 0.980. The molecule has 7 aromatic carbocycles. The molecule has 1 aliphatic heterocycles. The van der Waals surface area contributed by atoms with E-state index in [0.717, 1.165) is 41.0 Å². The molecule has 0 bridgehead atoms. The van der Waals surface area contributed by atoms with Gasteiger partial charge in [-0.3, -0.25) is 0 Å². The monoisotopic (exact) mass is 887 g/mol. The molecule has 0 atom stereocenters. The third-order valence-electron chi connectivity index (χ3n) is 14.6. The van der Waals surface area contributed by atoms with Crippen LogP contribution in [0.5, 0.6) is 0 Å². The van der Waals surface area contributed by atoms with Crippen molar-refractivity contribution < 1.29 is 4.57 Å². The third kappa shape index (κ3) is 5.81. The number of benzene rings is 7.